The third kappa shape index (κ3) is 3.90. The molecule has 0 radical (unpaired) electrons. The molecule has 1 saturated carbocycles. The topological polar surface area (TPSA) is 120 Å². The van der Waals surface area contributed by atoms with Crippen molar-refractivity contribution in [3.8, 4) is 0 Å². The van der Waals surface area contributed by atoms with Crippen molar-refractivity contribution in [3.05, 3.63) is 29.6 Å². The first kappa shape index (κ1) is 22.5. The molecule has 0 aromatic heterocycles. The van der Waals surface area contributed by atoms with E-state index in [-0.39, 0.29) is 36.0 Å². The summed E-state index contributed by atoms with van der Waals surface area (Å²) in [6.45, 7) is 6.59. The van der Waals surface area contributed by atoms with Crippen LogP contribution >= 0.6 is 0 Å². The minimum Gasteiger partial charge on any atom is -0.444 e. The minimum atomic E-state index is -3.84. The first-order valence-electron chi connectivity index (χ1n) is 9.62. The van der Waals surface area contributed by atoms with Crippen molar-refractivity contribution in [1.29, 1.82) is 0 Å². The Hall–Kier alpha value is -2.20. The summed E-state index contributed by atoms with van der Waals surface area (Å²) in [4.78, 5) is 17.0. The van der Waals surface area contributed by atoms with Gasteiger partial charge in [-0.1, -0.05) is 0 Å². The number of hydrogen-bond acceptors (Lipinski definition) is 7. The summed E-state index contributed by atoms with van der Waals surface area (Å²) in [5, 5.41) is 2.53. The van der Waals surface area contributed by atoms with Gasteiger partial charge < -0.3 is 15.2 Å². The maximum Gasteiger partial charge on any atom is 0.413 e. The number of amidine groups is 1. The number of sulfone groups is 1. The molecule has 1 aliphatic heterocycles. The van der Waals surface area contributed by atoms with Crippen LogP contribution in [0.2, 0.25) is 0 Å². The standard InChI is InChI=1S/C20H28FN3O5S/c1-18(2,3)29-17(25)23-16-20(9-13(10-20)28-5)30(26,27)11-19(4,24-16)14-8-12(22)6-7-15(14)21/h6-8,13H,9-11,22H2,1-5H3,(H,23,24,25). The largest absolute Gasteiger partial charge is 0.444 e. The molecule has 1 unspecified atom stereocenters. The Kier molecular flexibility index (Phi) is 5.39. The molecule has 2 aliphatic rings. The van der Waals surface area contributed by atoms with Crippen LogP contribution in [0.25, 0.3) is 0 Å². The zero-order valence-corrected chi connectivity index (χ0v) is 18.6. The molecule has 1 aliphatic carbocycles. The number of hydrogen-bond donors (Lipinski definition) is 2. The van der Waals surface area contributed by atoms with Crippen LogP contribution in [-0.2, 0) is 24.8 Å². The van der Waals surface area contributed by atoms with E-state index in [1.54, 1.807) is 20.8 Å². The number of nitrogens with two attached hydrogens (primary N) is 1. The summed E-state index contributed by atoms with van der Waals surface area (Å²) in [6, 6.07) is 3.93. The summed E-state index contributed by atoms with van der Waals surface area (Å²) in [5.74, 6) is -1.10. The average Bonchev–Trinajstić information content (AvgIpc) is 2.52. The van der Waals surface area contributed by atoms with Gasteiger partial charge in [0.05, 0.1) is 11.9 Å². The van der Waals surface area contributed by atoms with E-state index in [0.29, 0.717) is 0 Å². The number of nitrogen functional groups attached to an aromatic ring is 1. The van der Waals surface area contributed by atoms with Crippen LogP contribution < -0.4 is 11.1 Å². The highest BCUT2D eigenvalue weighted by Crippen LogP contribution is 2.48. The summed E-state index contributed by atoms with van der Waals surface area (Å²) in [7, 11) is -2.34. The number of carbonyl (C=O) groups excluding carboxylic acids is 1. The number of halogens is 1. The van der Waals surface area contributed by atoms with Gasteiger partial charge >= 0.3 is 6.09 Å². The van der Waals surface area contributed by atoms with Gasteiger partial charge in [-0.05, 0) is 45.9 Å². The SMILES string of the molecule is COC1CC2(C1)C(NC(=O)OC(C)(C)C)=NC(C)(c1cc(N)ccc1F)CS2(=O)=O. The lowest BCUT2D eigenvalue weighted by molar-refractivity contribution is 0.0274. The van der Waals surface area contributed by atoms with Gasteiger partial charge in [-0.15, -0.1) is 0 Å². The molecule has 30 heavy (non-hydrogen) atoms. The third-order valence-electron chi connectivity index (χ3n) is 5.49. The van der Waals surface area contributed by atoms with Crippen LogP contribution in [0, 0.1) is 5.82 Å². The van der Waals surface area contributed by atoms with Gasteiger partial charge in [0.2, 0.25) is 0 Å². The van der Waals surface area contributed by atoms with Crippen LogP contribution in [0.4, 0.5) is 14.9 Å². The highest BCUT2D eigenvalue weighted by atomic mass is 32.2. The minimum absolute atomic E-state index is 0.0482. The average molecular weight is 442 g/mol. The molecule has 1 heterocycles. The number of alkyl carbamates (subject to hydrolysis) is 1. The molecule has 8 nitrogen and oxygen atoms in total. The zero-order chi connectivity index (χ0) is 22.5. The Labute approximate surface area is 175 Å². The van der Waals surface area contributed by atoms with E-state index in [9.17, 15) is 17.6 Å². The van der Waals surface area contributed by atoms with E-state index >= 15 is 0 Å². The highest BCUT2D eigenvalue weighted by molar-refractivity contribution is 7.93. The van der Waals surface area contributed by atoms with Gasteiger partial charge in [-0.2, -0.15) is 0 Å². The molecule has 3 rings (SSSR count). The Balaban J connectivity index is 2.11. The summed E-state index contributed by atoms with van der Waals surface area (Å²) < 4.78 is 50.6. The Bertz CT molecular complexity index is 996. The fraction of sp³-hybridized carbons (Fsp3) is 0.600. The van der Waals surface area contributed by atoms with Crippen molar-refractivity contribution in [3.63, 3.8) is 0 Å². The number of ether oxygens (including phenoxy) is 2. The fourth-order valence-electron chi connectivity index (χ4n) is 3.96. The predicted octanol–water partition coefficient (Wildman–Crippen LogP) is 2.52. The number of carbonyl (C=O) groups is 1. The van der Waals surface area contributed by atoms with E-state index in [2.05, 4.69) is 10.3 Å². The van der Waals surface area contributed by atoms with E-state index < -0.39 is 43.4 Å². The molecular weight excluding hydrogens is 413 g/mol. The van der Waals surface area contributed by atoms with Crippen LogP contribution in [0.1, 0.15) is 46.1 Å². The maximum atomic E-state index is 14.6. The van der Waals surface area contributed by atoms with Crippen molar-refractivity contribution in [2.75, 3.05) is 18.6 Å². The van der Waals surface area contributed by atoms with Crippen molar-refractivity contribution >= 4 is 27.5 Å². The third-order valence-corrected chi connectivity index (χ3v) is 8.15. The molecule has 1 spiro atoms. The molecule has 0 saturated heterocycles. The molecule has 1 amide bonds. The van der Waals surface area contributed by atoms with Gasteiger partial charge in [0.1, 0.15) is 27.5 Å². The lowest BCUT2D eigenvalue weighted by atomic mass is 9.79. The number of anilines is 1. The number of nitrogens with zero attached hydrogens (tertiary/aromatic N) is 1. The molecule has 0 bridgehead atoms. The summed E-state index contributed by atoms with van der Waals surface area (Å²) >= 11 is 0. The molecular formula is C20H28FN3O5S. The Morgan fingerprint density at radius 3 is 2.53 bits per heavy atom. The molecule has 1 aromatic rings. The molecule has 166 valence electrons. The van der Waals surface area contributed by atoms with E-state index in [0.717, 1.165) is 0 Å². The van der Waals surface area contributed by atoms with Crippen molar-refractivity contribution < 1.29 is 27.1 Å². The van der Waals surface area contributed by atoms with Gasteiger partial charge in [0.25, 0.3) is 0 Å². The van der Waals surface area contributed by atoms with Crippen LogP contribution in [0.15, 0.2) is 23.2 Å². The first-order chi connectivity index (χ1) is 13.7. The highest BCUT2D eigenvalue weighted by Gasteiger charge is 2.63. The lowest BCUT2D eigenvalue weighted by Crippen LogP contribution is -2.67. The number of methoxy groups -OCH3 is 1. The van der Waals surface area contributed by atoms with E-state index in [4.69, 9.17) is 15.2 Å². The van der Waals surface area contributed by atoms with Gasteiger partial charge in [-0.25, -0.2) is 17.6 Å². The van der Waals surface area contributed by atoms with Crippen molar-refractivity contribution in [2.45, 2.75) is 62.5 Å². The fourth-order valence-corrected chi connectivity index (χ4v) is 6.47. The van der Waals surface area contributed by atoms with Crippen LogP contribution in [0.5, 0.6) is 0 Å². The van der Waals surface area contributed by atoms with Gasteiger partial charge in [-0.3, -0.25) is 10.3 Å². The maximum absolute atomic E-state index is 14.6. The van der Waals surface area contributed by atoms with E-state index in [1.807, 2.05) is 0 Å². The Morgan fingerprint density at radius 1 is 1.33 bits per heavy atom. The van der Waals surface area contributed by atoms with Crippen molar-refractivity contribution in [1.82, 2.24) is 5.32 Å². The van der Waals surface area contributed by atoms with Gasteiger partial charge in [0.15, 0.2) is 9.84 Å². The van der Waals surface area contributed by atoms with E-state index in [1.165, 1.54) is 32.2 Å². The second-order valence-corrected chi connectivity index (χ2v) is 11.4. The second-order valence-electron chi connectivity index (χ2n) is 9.12. The molecule has 1 fully saturated rings. The zero-order valence-electron chi connectivity index (χ0n) is 17.8. The number of aliphatic imine (C=N–C) groups is 1. The summed E-state index contributed by atoms with van der Waals surface area (Å²) in [6.07, 6.45) is -0.806. The molecule has 3 N–H and O–H groups in total. The smallest absolute Gasteiger partial charge is 0.413 e. The number of nitrogens with one attached hydrogen (secondary N) is 1. The number of amides is 1. The molecule has 1 aromatic carbocycles. The van der Waals surface area contributed by atoms with Crippen molar-refractivity contribution in [2.24, 2.45) is 4.99 Å². The predicted molar refractivity (Wildman–Crippen MR) is 112 cm³/mol. The number of benzene rings is 1. The van der Waals surface area contributed by atoms with Crippen LogP contribution in [-0.4, -0.2) is 49.7 Å². The Morgan fingerprint density at radius 2 is 1.97 bits per heavy atom. The quantitative estimate of drug-likeness (QED) is 0.681. The van der Waals surface area contributed by atoms with Crippen LogP contribution in [0.3, 0.4) is 0 Å². The number of rotatable bonds is 2. The monoisotopic (exact) mass is 441 g/mol. The summed E-state index contributed by atoms with van der Waals surface area (Å²) in [5.41, 5.74) is 3.88. The van der Waals surface area contributed by atoms with Gasteiger partial charge in [0, 0.05) is 31.2 Å². The second kappa shape index (κ2) is 7.19. The first-order valence-corrected chi connectivity index (χ1v) is 11.3. The molecule has 10 heteroatoms. The lowest BCUT2D eigenvalue weighted by Gasteiger charge is -2.50. The normalized spacial score (nSPS) is 30.3. The molecule has 1 atom stereocenters.